The molecule has 0 atom stereocenters. The molecular formula is C8H13F3. The van der Waals surface area contributed by atoms with Gasteiger partial charge in [0.25, 0.3) is 0 Å². The minimum atomic E-state index is -4.01. The molecule has 0 rings (SSSR count). The number of rotatable bonds is 3. The molecule has 3 heteroatoms. The zero-order valence-corrected chi connectivity index (χ0v) is 6.78. The minimum absolute atomic E-state index is 0.0989. The van der Waals surface area contributed by atoms with E-state index in [1.54, 1.807) is 12.2 Å². The van der Waals surface area contributed by atoms with E-state index in [0.717, 1.165) is 0 Å². The molecule has 0 aliphatic heterocycles. The number of alkyl halides is 3. The summed E-state index contributed by atoms with van der Waals surface area (Å²) in [4.78, 5) is 0. The molecule has 0 nitrogen and oxygen atoms in total. The highest BCUT2D eigenvalue weighted by Gasteiger charge is 2.25. The second-order valence-corrected chi connectivity index (χ2v) is 2.83. The smallest absolute Gasteiger partial charge is 0.171 e. The summed E-state index contributed by atoms with van der Waals surface area (Å²) in [6, 6.07) is 0. The summed E-state index contributed by atoms with van der Waals surface area (Å²) in [7, 11) is 0. The lowest BCUT2D eigenvalue weighted by atomic mass is 10.2. The monoisotopic (exact) mass is 166 g/mol. The summed E-state index contributed by atoms with van der Waals surface area (Å²) >= 11 is 0. The molecule has 66 valence electrons. The Kier molecular flexibility index (Phi) is 4.23. The van der Waals surface area contributed by atoms with E-state index in [4.69, 9.17) is 0 Å². The lowest BCUT2D eigenvalue weighted by molar-refractivity contribution is -0.133. The molecule has 0 radical (unpaired) electrons. The van der Waals surface area contributed by atoms with Crippen molar-refractivity contribution in [3.63, 3.8) is 0 Å². The van der Waals surface area contributed by atoms with Crippen molar-refractivity contribution in [3.8, 4) is 0 Å². The van der Waals surface area contributed by atoms with Gasteiger partial charge in [-0.2, -0.15) is 13.2 Å². The van der Waals surface area contributed by atoms with Crippen molar-refractivity contribution in [1.82, 2.24) is 0 Å². The Balaban J connectivity index is 3.42. The number of halogens is 3. The molecule has 0 aromatic carbocycles. The number of hydrogen-bond donors (Lipinski definition) is 0. The van der Waals surface area contributed by atoms with E-state index in [0.29, 0.717) is 5.92 Å². The van der Waals surface area contributed by atoms with Gasteiger partial charge in [-0.05, 0) is 12.3 Å². The Morgan fingerprint density at radius 3 is 2.18 bits per heavy atom. The van der Waals surface area contributed by atoms with Crippen LogP contribution in [-0.2, 0) is 0 Å². The van der Waals surface area contributed by atoms with E-state index < -0.39 is 12.6 Å². The summed E-state index contributed by atoms with van der Waals surface area (Å²) in [5, 5.41) is 0. The summed E-state index contributed by atoms with van der Waals surface area (Å²) < 4.78 is 34.6. The topological polar surface area (TPSA) is 0 Å². The summed E-state index contributed by atoms with van der Waals surface area (Å²) in [6.07, 6.45) is -1.26. The third kappa shape index (κ3) is 9.53. The molecule has 0 aromatic heterocycles. The second-order valence-electron chi connectivity index (χ2n) is 2.83. The zero-order valence-electron chi connectivity index (χ0n) is 6.78. The minimum Gasteiger partial charge on any atom is -0.171 e. The summed E-state index contributed by atoms with van der Waals surface area (Å²) in [5.74, 6) is 0.336. The van der Waals surface area contributed by atoms with E-state index in [-0.39, 0.29) is 6.42 Å². The highest BCUT2D eigenvalue weighted by Crippen LogP contribution is 2.21. The fraction of sp³-hybridized carbons (Fsp3) is 0.750. The second kappa shape index (κ2) is 4.42. The van der Waals surface area contributed by atoms with Crippen molar-refractivity contribution >= 4 is 0 Å². The van der Waals surface area contributed by atoms with Gasteiger partial charge in [-0.3, -0.25) is 0 Å². The lowest BCUT2D eigenvalue weighted by Crippen LogP contribution is -2.05. The van der Waals surface area contributed by atoms with E-state index in [1.807, 2.05) is 13.8 Å². The number of hydrogen-bond acceptors (Lipinski definition) is 0. The Morgan fingerprint density at radius 2 is 1.82 bits per heavy atom. The van der Waals surface area contributed by atoms with Gasteiger partial charge in [-0.25, -0.2) is 0 Å². The third-order valence-electron chi connectivity index (χ3n) is 1.12. The maximum Gasteiger partial charge on any atom is 0.389 e. The van der Waals surface area contributed by atoms with Crippen LogP contribution in [0.2, 0.25) is 0 Å². The Labute approximate surface area is 65.1 Å². The first-order chi connectivity index (χ1) is 4.92. The van der Waals surface area contributed by atoms with Crippen LogP contribution in [0.3, 0.4) is 0 Å². The molecular weight excluding hydrogens is 153 g/mol. The molecule has 0 aliphatic rings. The molecule has 0 N–H and O–H groups in total. The molecule has 11 heavy (non-hydrogen) atoms. The first-order valence-electron chi connectivity index (χ1n) is 3.65. The van der Waals surface area contributed by atoms with Crippen molar-refractivity contribution in [2.45, 2.75) is 32.9 Å². The van der Waals surface area contributed by atoms with Gasteiger partial charge in [-0.1, -0.05) is 26.0 Å². The van der Waals surface area contributed by atoms with Gasteiger partial charge in [0.2, 0.25) is 0 Å². The van der Waals surface area contributed by atoms with Gasteiger partial charge in [-0.15, -0.1) is 0 Å². The maximum atomic E-state index is 11.5. The number of allylic oxidation sites excluding steroid dienone is 2. The Morgan fingerprint density at radius 1 is 1.27 bits per heavy atom. The lowest BCUT2D eigenvalue weighted by Gasteiger charge is -2.02. The average Bonchev–Trinajstić information content (AvgIpc) is 1.78. The largest absolute Gasteiger partial charge is 0.389 e. The zero-order chi connectivity index (χ0) is 8.91. The van der Waals surface area contributed by atoms with Crippen LogP contribution in [0, 0.1) is 5.92 Å². The maximum absolute atomic E-state index is 11.5. The molecule has 0 heterocycles. The molecule has 0 aliphatic carbocycles. The molecule has 0 bridgehead atoms. The Hall–Kier alpha value is -0.470. The van der Waals surface area contributed by atoms with E-state index in [2.05, 4.69) is 0 Å². The highest BCUT2D eigenvalue weighted by atomic mass is 19.4. The van der Waals surface area contributed by atoms with E-state index in [1.165, 1.54) is 0 Å². The normalized spacial score (nSPS) is 13.3. The van der Waals surface area contributed by atoms with Gasteiger partial charge >= 0.3 is 6.18 Å². The third-order valence-corrected chi connectivity index (χ3v) is 1.12. The van der Waals surface area contributed by atoms with Crippen molar-refractivity contribution in [2.75, 3.05) is 0 Å². The molecule has 0 spiro atoms. The van der Waals surface area contributed by atoms with Crippen LogP contribution < -0.4 is 0 Å². The molecule has 0 saturated heterocycles. The van der Waals surface area contributed by atoms with Gasteiger partial charge in [0.05, 0.1) is 0 Å². The first kappa shape index (κ1) is 10.5. The van der Waals surface area contributed by atoms with Crippen LogP contribution in [0.25, 0.3) is 0 Å². The average molecular weight is 166 g/mol. The van der Waals surface area contributed by atoms with Gasteiger partial charge in [0.1, 0.15) is 0 Å². The fourth-order valence-electron chi connectivity index (χ4n) is 0.615. The van der Waals surface area contributed by atoms with E-state index >= 15 is 0 Å². The van der Waals surface area contributed by atoms with Crippen molar-refractivity contribution < 1.29 is 13.2 Å². The molecule has 0 saturated carbocycles. The van der Waals surface area contributed by atoms with Gasteiger partial charge < -0.3 is 0 Å². The van der Waals surface area contributed by atoms with Gasteiger partial charge in [0, 0.05) is 6.42 Å². The molecule has 0 amide bonds. The predicted octanol–water partition coefficient (Wildman–Crippen LogP) is 3.54. The van der Waals surface area contributed by atoms with Gasteiger partial charge in [0.15, 0.2) is 0 Å². The quantitative estimate of drug-likeness (QED) is 0.562. The van der Waals surface area contributed by atoms with Crippen molar-refractivity contribution in [2.24, 2.45) is 5.92 Å². The molecule has 0 aromatic rings. The standard InChI is InChI=1S/C8H13F3/c1-7(2)5-3-4-6-8(9,10)11/h3,5,7H,4,6H2,1-2H3/b5-3+. The van der Waals surface area contributed by atoms with Crippen LogP contribution >= 0.6 is 0 Å². The highest BCUT2D eigenvalue weighted by molar-refractivity contribution is 4.84. The molecule has 0 fully saturated rings. The van der Waals surface area contributed by atoms with Crippen LogP contribution in [0.1, 0.15) is 26.7 Å². The fourth-order valence-corrected chi connectivity index (χ4v) is 0.615. The van der Waals surface area contributed by atoms with E-state index in [9.17, 15) is 13.2 Å². The summed E-state index contributed by atoms with van der Waals surface area (Å²) in [6.45, 7) is 3.87. The van der Waals surface area contributed by atoms with Crippen LogP contribution in [0.4, 0.5) is 13.2 Å². The summed E-state index contributed by atoms with van der Waals surface area (Å²) in [5.41, 5.74) is 0. The molecule has 0 unspecified atom stereocenters. The van der Waals surface area contributed by atoms with Crippen LogP contribution in [0.15, 0.2) is 12.2 Å². The van der Waals surface area contributed by atoms with Crippen molar-refractivity contribution in [3.05, 3.63) is 12.2 Å². The van der Waals surface area contributed by atoms with Crippen LogP contribution in [0.5, 0.6) is 0 Å². The van der Waals surface area contributed by atoms with Crippen LogP contribution in [-0.4, -0.2) is 6.18 Å². The SMILES string of the molecule is CC(C)/C=C/CCC(F)(F)F. The first-order valence-corrected chi connectivity index (χ1v) is 3.65. The van der Waals surface area contributed by atoms with Crippen molar-refractivity contribution in [1.29, 1.82) is 0 Å². The Bertz CT molecular complexity index is 122. The predicted molar refractivity (Wildman–Crippen MR) is 39.3 cm³/mol.